The van der Waals surface area contributed by atoms with Gasteiger partial charge in [-0.3, -0.25) is 28.9 Å². The molecule has 0 saturated carbocycles. The van der Waals surface area contributed by atoms with Crippen molar-refractivity contribution in [2.24, 2.45) is 5.92 Å². The van der Waals surface area contributed by atoms with E-state index in [0.717, 1.165) is 18.4 Å². The third-order valence-corrected chi connectivity index (χ3v) is 7.38. The van der Waals surface area contributed by atoms with E-state index in [1.165, 1.54) is 16.7 Å². The Bertz CT molecular complexity index is 913. The van der Waals surface area contributed by atoms with Gasteiger partial charge in [0.15, 0.2) is 11.4 Å². The molecule has 3 fully saturated rings. The van der Waals surface area contributed by atoms with E-state index < -0.39 is 40.8 Å². The predicted octanol–water partition coefficient (Wildman–Crippen LogP) is -0.670. The largest absolute Gasteiger partial charge is 0.431 e. The van der Waals surface area contributed by atoms with Crippen LogP contribution in [0.15, 0.2) is 5.38 Å². The number of thioether (sulfide) groups is 1. The smallest absolute Gasteiger partial charge is 0.308 e. The van der Waals surface area contributed by atoms with Crippen LogP contribution >= 0.6 is 34.7 Å². The summed E-state index contributed by atoms with van der Waals surface area (Å²) in [5, 5.41) is 13.6. The number of aliphatic hydroxyl groups excluding tert-OH is 1. The molecule has 3 N–H and O–H groups in total. The Morgan fingerprint density at radius 3 is 2.84 bits per heavy atom. The number of esters is 1. The zero-order valence-corrected chi connectivity index (χ0v) is 18.6. The molecule has 1 aromatic heterocycles. The molecule has 4 atom stereocenters. The van der Waals surface area contributed by atoms with E-state index >= 15 is 0 Å². The normalized spacial score (nSPS) is 28.2. The molecule has 3 saturated heterocycles. The van der Waals surface area contributed by atoms with Crippen molar-refractivity contribution in [1.29, 1.82) is 0 Å². The zero-order chi connectivity index (χ0) is 22.8. The van der Waals surface area contributed by atoms with Gasteiger partial charge in [0.05, 0.1) is 18.5 Å². The number of hydrogen-bond donors (Lipinski definition) is 3. The molecule has 1 aromatic rings. The summed E-state index contributed by atoms with van der Waals surface area (Å²) in [7, 11) is 1.00. The number of thiazole rings is 1. The highest BCUT2D eigenvalue weighted by atomic mass is 35.5. The van der Waals surface area contributed by atoms with Crippen LogP contribution < -0.4 is 10.6 Å². The lowest BCUT2D eigenvalue weighted by molar-refractivity contribution is -0.199. The minimum absolute atomic E-state index is 0.0785. The molecule has 4 rings (SSSR count). The van der Waals surface area contributed by atoms with Gasteiger partial charge in [0, 0.05) is 24.2 Å². The molecular weight excluding hydrogens is 472 g/mol. The summed E-state index contributed by atoms with van der Waals surface area (Å²) in [6, 6.07) is -0.807. The number of ether oxygens (including phenoxy) is 1. The number of rotatable bonds is 6. The fourth-order valence-corrected chi connectivity index (χ4v) is 5.97. The molecular formula is C17H19ClN4O7S2. The van der Waals surface area contributed by atoms with Gasteiger partial charge in [0.2, 0.25) is 17.5 Å². The number of amides is 3. The van der Waals surface area contributed by atoms with Crippen LogP contribution in [0.4, 0.5) is 5.13 Å². The van der Waals surface area contributed by atoms with E-state index in [1.807, 2.05) is 0 Å². The van der Waals surface area contributed by atoms with E-state index in [9.17, 15) is 24.0 Å². The Hall–Kier alpha value is -2.22. The van der Waals surface area contributed by atoms with Crippen LogP contribution in [0.3, 0.4) is 0 Å². The van der Waals surface area contributed by atoms with Crippen molar-refractivity contribution in [1.82, 2.24) is 15.2 Å². The number of anilines is 1. The van der Waals surface area contributed by atoms with Crippen LogP contribution in [0.25, 0.3) is 0 Å². The number of aliphatic hydroxyl groups is 1. The number of β-lactam (4-membered cyclic amide) rings is 1. The van der Waals surface area contributed by atoms with Gasteiger partial charge in [-0.25, -0.2) is 4.98 Å². The minimum atomic E-state index is -1.56. The number of aromatic nitrogens is 1. The molecule has 0 radical (unpaired) electrons. The SMILES string of the molecule is CO.O=CC12OC(=O)CC1CSC1C(NC(=O)Cc3csc(NC(=O)CCl)n3)C(=O)N12. The summed E-state index contributed by atoms with van der Waals surface area (Å²) >= 11 is 7.98. The second kappa shape index (κ2) is 9.51. The maximum Gasteiger partial charge on any atom is 0.308 e. The first-order valence-corrected chi connectivity index (χ1v) is 11.5. The molecule has 0 bridgehead atoms. The number of hydrogen-bond acceptors (Lipinski definition) is 10. The maximum absolute atomic E-state index is 12.6. The average molecular weight is 491 g/mol. The predicted molar refractivity (Wildman–Crippen MR) is 111 cm³/mol. The number of carbonyl (C=O) groups excluding carboxylic acids is 5. The molecule has 14 heteroatoms. The molecule has 4 unspecified atom stereocenters. The van der Waals surface area contributed by atoms with Crippen molar-refractivity contribution in [2.75, 3.05) is 24.1 Å². The number of carbonyl (C=O) groups is 5. The van der Waals surface area contributed by atoms with Crippen LogP contribution in [0.5, 0.6) is 0 Å². The van der Waals surface area contributed by atoms with Crippen molar-refractivity contribution in [3.8, 4) is 0 Å². The molecule has 31 heavy (non-hydrogen) atoms. The first-order valence-electron chi connectivity index (χ1n) is 9.05. The lowest BCUT2D eigenvalue weighted by Crippen LogP contribution is -2.79. The van der Waals surface area contributed by atoms with Gasteiger partial charge >= 0.3 is 5.97 Å². The lowest BCUT2D eigenvalue weighted by atomic mass is 9.90. The van der Waals surface area contributed by atoms with Gasteiger partial charge < -0.3 is 20.5 Å². The van der Waals surface area contributed by atoms with Crippen LogP contribution in [0.2, 0.25) is 0 Å². The Labute approximate surface area is 189 Å². The molecule has 0 spiro atoms. The number of nitrogens with one attached hydrogen (secondary N) is 2. The van der Waals surface area contributed by atoms with Gasteiger partial charge in [0.25, 0.3) is 5.91 Å². The van der Waals surface area contributed by atoms with E-state index in [-0.39, 0.29) is 24.6 Å². The highest BCUT2D eigenvalue weighted by Gasteiger charge is 2.67. The van der Waals surface area contributed by atoms with Crippen LogP contribution in [0, 0.1) is 5.92 Å². The number of fused-ring (bicyclic) bond motifs is 3. The maximum atomic E-state index is 12.6. The summed E-state index contributed by atoms with van der Waals surface area (Å²) in [4.78, 5) is 65.0. The number of aldehydes is 1. The Balaban J connectivity index is 0.00000132. The zero-order valence-electron chi connectivity index (χ0n) is 16.2. The van der Waals surface area contributed by atoms with Crippen LogP contribution in [-0.4, -0.2) is 80.9 Å². The first-order chi connectivity index (χ1) is 14.9. The Kier molecular flexibility index (Phi) is 7.19. The van der Waals surface area contributed by atoms with Crippen molar-refractivity contribution in [3.05, 3.63) is 11.1 Å². The number of halogens is 1. The van der Waals surface area contributed by atoms with Gasteiger partial charge in [-0.05, 0) is 0 Å². The molecule has 3 amide bonds. The molecule has 0 aliphatic carbocycles. The molecule has 3 aliphatic heterocycles. The molecule has 168 valence electrons. The van der Waals surface area contributed by atoms with Crippen molar-refractivity contribution < 1.29 is 33.8 Å². The van der Waals surface area contributed by atoms with E-state index in [2.05, 4.69) is 15.6 Å². The minimum Gasteiger partial charge on any atom is -0.431 e. The average Bonchev–Trinajstić information content (AvgIpc) is 3.34. The Morgan fingerprint density at radius 1 is 1.42 bits per heavy atom. The summed E-state index contributed by atoms with van der Waals surface area (Å²) < 4.78 is 5.22. The monoisotopic (exact) mass is 490 g/mol. The summed E-state index contributed by atoms with van der Waals surface area (Å²) in [5.74, 6) is -1.91. The van der Waals surface area contributed by atoms with Crippen LogP contribution in [-0.2, 0) is 35.1 Å². The molecule has 3 aliphatic rings. The van der Waals surface area contributed by atoms with E-state index in [4.69, 9.17) is 21.4 Å². The quantitative estimate of drug-likeness (QED) is 0.204. The fourth-order valence-electron chi connectivity index (χ4n) is 3.60. The van der Waals surface area contributed by atoms with Gasteiger partial charge in [-0.1, -0.05) is 0 Å². The van der Waals surface area contributed by atoms with Crippen molar-refractivity contribution in [2.45, 2.75) is 30.0 Å². The highest BCUT2D eigenvalue weighted by Crippen LogP contribution is 2.50. The van der Waals surface area contributed by atoms with Gasteiger partial charge in [0.1, 0.15) is 17.3 Å². The topological polar surface area (TPSA) is 155 Å². The van der Waals surface area contributed by atoms with E-state index in [0.29, 0.717) is 22.9 Å². The molecule has 0 aromatic carbocycles. The molecule has 11 nitrogen and oxygen atoms in total. The van der Waals surface area contributed by atoms with Gasteiger partial charge in [-0.2, -0.15) is 0 Å². The summed E-state index contributed by atoms with van der Waals surface area (Å²) in [5.41, 5.74) is -1.12. The summed E-state index contributed by atoms with van der Waals surface area (Å²) in [6.07, 6.45) is 0.522. The van der Waals surface area contributed by atoms with Crippen LogP contribution in [0.1, 0.15) is 12.1 Å². The standard InChI is InChI=1S/C16H15ClN4O6S2.CH4O/c17-3-10(24)20-15-18-8(5-29-15)2-9(23)19-12-13(26)21-14(12)28-4-7-1-11(25)27-16(7,21)6-22;1-2/h5-7,12,14H,1-4H2,(H,19,23)(H,18,20,24);2H,1H3. The van der Waals surface area contributed by atoms with Gasteiger partial charge in [-0.15, -0.1) is 34.7 Å². The van der Waals surface area contributed by atoms with Crippen molar-refractivity contribution >= 4 is 69.8 Å². The second-order valence-corrected chi connectivity index (χ2v) is 9.00. The first kappa shape index (κ1) is 23.4. The summed E-state index contributed by atoms with van der Waals surface area (Å²) in [6.45, 7) is 0. The third kappa shape index (κ3) is 4.27. The third-order valence-electron chi connectivity index (χ3n) is 4.91. The van der Waals surface area contributed by atoms with E-state index in [1.54, 1.807) is 5.38 Å². The number of nitrogens with zero attached hydrogens (tertiary/aromatic N) is 2. The molecule has 4 heterocycles. The number of alkyl halides is 1. The fraction of sp³-hybridized carbons (Fsp3) is 0.529. The second-order valence-electron chi connectivity index (χ2n) is 6.72. The highest BCUT2D eigenvalue weighted by molar-refractivity contribution is 8.00. The lowest BCUT2D eigenvalue weighted by Gasteiger charge is -2.56. The van der Waals surface area contributed by atoms with Crippen molar-refractivity contribution in [3.63, 3.8) is 0 Å². The Morgan fingerprint density at radius 2 is 2.16 bits per heavy atom.